The van der Waals surface area contributed by atoms with Crippen LogP contribution in [0.1, 0.15) is 36.8 Å². The van der Waals surface area contributed by atoms with Gasteiger partial charge in [0.2, 0.25) is 5.91 Å². The van der Waals surface area contributed by atoms with Crippen LogP contribution in [0.2, 0.25) is 0 Å². The van der Waals surface area contributed by atoms with Gasteiger partial charge in [0.1, 0.15) is 11.6 Å². The van der Waals surface area contributed by atoms with Crippen LogP contribution in [-0.4, -0.2) is 28.2 Å². The summed E-state index contributed by atoms with van der Waals surface area (Å²) in [6.07, 6.45) is 2.79. The van der Waals surface area contributed by atoms with E-state index < -0.39 is 0 Å². The monoisotopic (exact) mass is 371 g/mol. The zero-order chi connectivity index (χ0) is 18.5. The molecule has 1 atom stereocenters. The van der Waals surface area contributed by atoms with Crippen LogP contribution in [0.3, 0.4) is 0 Å². The summed E-state index contributed by atoms with van der Waals surface area (Å²) < 4.78 is 5.83. The van der Waals surface area contributed by atoms with Crippen LogP contribution in [0, 0.1) is 0 Å². The van der Waals surface area contributed by atoms with Crippen LogP contribution in [0.15, 0.2) is 46.9 Å². The molecule has 2 aromatic rings. The number of rotatable bonds is 7. The topological polar surface area (TPSA) is 84.1 Å². The normalized spacial score (nSPS) is 15.9. The van der Waals surface area contributed by atoms with Crippen molar-refractivity contribution in [3.8, 4) is 5.75 Å². The number of benzene rings is 1. The lowest BCUT2D eigenvalue weighted by Gasteiger charge is -2.26. The van der Waals surface area contributed by atoms with Gasteiger partial charge in [-0.2, -0.15) is 0 Å². The van der Waals surface area contributed by atoms with Crippen LogP contribution in [-0.2, 0) is 4.79 Å². The highest BCUT2D eigenvalue weighted by Gasteiger charge is 2.32. The van der Waals surface area contributed by atoms with Gasteiger partial charge < -0.3 is 15.0 Å². The average Bonchev–Trinajstić information content (AvgIpc) is 2.64. The summed E-state index contributed by atoms with van der Waals surface area (Å²) in [6, 6.07) is 7.54. The van der Waals surface area contributed by atoms with Crippen molar-refractivity contribution in [1.82, 2.24) is 9.97 Å². The van der Waals surface area contributed by atoms with E-state index in [-0.39, 0.29) is 23.8 Å². The Morgan fingerprint density at radius 3 is 2.96 bits per heavy atom. The number of ether oxygens (including phenoxy) is 1. The number of aromatic amines is 1. The van der Waals surface area contributed by atoms with Crippen LogP contribution in [0.5, 0.6) is 5.75 Å². The van der Waals surface area contributed by atoms with E-state index in [1.54, 1.807) is 6.08 Å². The van der Waals surface area contributed by atoms with Crippen molar-refractivity contribution in [3.63, 3.8) is 0 Å². The van der Waals surface area contributed by atoms with Crippen molar-refractivity contribution in [2.45, 2.75) is 30.8 Å². The summed E-state index contributed by atoms with van der Waals surface area (Å²) >= 11 is 1.36. The zero-order valence-electron chi connectivity index (χ0n) is 14.6. The molecule has 0 bridgehead atoms. The smallest absolute Gasteiger partial charge is 0.257 e. The minimum atomic E-state index is -0.387. The summed E-state index contributed by atoms with van der Waals surface area (Å²) in [5.41, 5.74) is 1.06. The number of hydrogen-bond donors (Lipinski definition) is 2. The van der Waals surface area contributed by atoms with Gasteiger partial charge in [0.05, 0.1) is 12.2 Å². The van der Waals surface area contributed by atoms with Gasteiger partial charge in [0.15, 0.2) is 5.16 Å². The molecule has 0 saturated carbocycles. The Hall–Kier alpha value is -2.54. The maximum Gasteiger partial charge on any atom is 0.257 e. The number of nitrogens with one attached hydrogen (secondary N) is 2. The first-order chi connectivity index (χ1) is 12.6. The number of carbonyl (C=O) groups excluding carboxylic acids is 1. The van der Waals surface area contributed by atoms with Crippen molar-refractivity contribution in [2.24, 2.45) is 0 Å². The summed E-state index contributed by atoms with van der Waals surface area (Å²) in [4.78, 5) is 32.2. The number of fused-ring (bicyclic) bond motifs is 1. The minimum absolute atomic E-state index is 0.162. The van der Waals surface area contributed by atoms with Gasteiger partial charge in [-0.05, 0) is 12.5 Å². The highest BCUT2D eigenvalue weighted by molar-refractivity contribution is 7.99. The number of amides is 1. The Bertz CT molecular complexity index is 879. The molecule has 0 aliphatic carbocycles. The highest BCUT2D eigenvalue weighted by Crippen LogP contribution is 2.38. The van der Waals surface area contributed by atoms with Crippen LogP contribution < -0.4 is 15.6 Å². The molecule has 1 aliphatic heterocycles. The van der Waals surface area contributed by atoms with E-state index in [1.807, 2.05) is 31.2 Å². The first-order valence-electron chi connectivity index (χ1n) is 8.53. The van der Waals surface area contributed by atoms with Crippen LogP contribution >= 0.6 is 11.8 Å². The number of carbonyl (C=O) groups is 1. The Labute approximate surface area is 156 Å². The lowest BCUT2D eigenvalue weighted by Crippen LogP contribution is -2.31. The van der Waals surface area contributed by atoms with E-state index in [1.165, 1.54) is 11.8 Å². The Morgan fingerprint density at radius 1 is 1.38 bits per heavy atom. The van der Waals surface area contributed by atoms with Gasteiger partial charge in [-0.15, -0.1) is 6.58 Å². The summed E-state index contributed by atoms with van der Waals surface area (Å²) in [7, 11) is 0. The quantitative estimate of drug-likeness (QED) is 0.443. The molecule has 0 spiro atoms. The van der Waals surface area contributed by atoms with E-state index >= 15 is 0 Å². The van der Waals surface area contributed by atoms with Gasteiger partial charge in [-0.25, -0.2) is 4.98 Å². The molecule has 0 saturated heterocycles. The molecule has 136 valence electrons. The molecule has 26 heavy (non-hydrogen) atoms. The number of thioether (sulfide) groups is 1. The predicted molar refractivity (Wildman–Crippen MR) is 103 cm³/mol. The molecule has 0 radical (unpaired) electrons. The minimum Gasteiger partial charge on any atom is -0.493 e. The maximum atomic E-state index is 12.7. The molecule has 2 heterocycles. The van der Waals surface area contributed by atoms with Gasteiger partial charge >= 0.3 is 0 Å². The second kappa shape index (κ2) is 8.23. The van der Waals surface area contributed by atoms with E-state index in [4.69, 9.17) is 4.74 Å². The molecule has 0 fully saturated rings. The third kappa shape index (κ3) is 3.83. The third-order valence-corrected chi connectivity index (χ3v) is 4.89. The number of nitrogens with zero attached hydrogens (tertiary/aromatic N) is 1. The molecule has 2 N–H and O–H groups in total. The number of anilines is 1. The predicted octanol–water partition coefficient (Wildman–Crippen LogP) is 3.31. The summed E-state index contributed by atoms with van der Waals surface area (Å²) in [5, 5.41) is 3.19. The molecule has 3 rings (SSSR count). The molecule has 1 aliphatic rings. The number of hydrogen-bond acceptors (Lipinski definition) is 5. The first-order valence-corrected chi connectivity index (χ1v) is 9.52. The van der Waals surface area contributed by atoms with E-state index in [0.29, 0.717) is 34.6 Å². The SMILES string of the molecule is C=CCSc1nc2c(c(=O)[nH]1)[C@@H](c1ccccc1OCCC)CC(=O)N2. The Balaban J connectivity index is 2.05. The molecule has 1 aromatic carbocycles. The molecule has 1 aromatic heterocycles. The fourth-order valence-electron chi connectivity index (χ4n) is 2.93. The number of H-pyrrole nitrogens is 1. The van der Waals surface area contributed by atoms with E-state index in [0.717, 1.165) is 12.0 Å². The standard InChI is InChI=1S/C19H21N3O3S/c1-3-9-25-14-8-6-5-7-12(14)13-11-15(23)20-17-16(13)18(24)22-19(21-17)26-10-4-2/h4-8,13H,2-3,9-11H2,1H3,(H2,20,21,22,23,24)/t13-/m1/s1. The summed E-state index contributed by atoms with van der Waals surface area (Å²) in [6.45, 7) is 6.27. The molecule has 1 amide bonds. The highest BCUT2D eigenvalue weighted by atomic mass is 32.2. The maximum absolute atomic E-state index is 12.7. The number of aromatic nitrogens is 2. The zero-order valence-corrected chi connectivity index (χ0v) is 15.4. The second-order valence-electron chi connectivity index (χ2n) is 5.92. The van der Waals surface area contributed by atoms with Crippen molar-refractivity contribution >= 4 is 23.5 Å². The van der Waals surface area contributed by atoms with E-state index in [9.17, 15) is 9.59 Å². The summed E-state index contributed by atoms with van der Waals surface area (Å²) in [5.74, 6) is 1.09. The molecule has 7 heteroatoms. The molecular weight excluding hydrogens is 350 g/mol. The van der Waals surface area contributed by atoms with Crippen molar-refractivity contribution in [1.29, 1.82) is 0 Å². The molecule has 6 nitrogen and oxygen atoms in total. The molecular formula is C19H21N3O3S. The largest absolute Gasteiger partial charge is 0.493 e. The van der Waals surface area contributed by atoms with Crippen LogP contribution in [0.4, 0.5) is 5.82 Å². The van der Waals surface area contributed by atoms with Crippen molar-refractivity contribution in [2.75, 3.05) is 17.7 Å². The lowest BCUT2D eigenvalue weighted by molar-refractivity contribution is -0.116. The third-order valence-electron chi connectivity index (χ3n) is 4.02. The molecule has 0 unspecified atom stereocenters. The first kappa shape index (κ1) is 18.3. The fourth-order valence-corrected chi connectivity index (χ4v) is 3.53. The number of para-hydroxylation sites is 1. The van der Waals surface area contributed by atoms with Gasteiger partial charge in [0.25, 0.3) is 5.56 Å². The average molecular weight is 371 g/mol. The van der Waals surface area contributed by atoms with Gasteiger partial charge in [0, 0.05) is 23.7 Å². The Morgan fingerprint density at radius 2 is 2.19 bits per heavy atom. The van der Waals surface area contributed by atoms with Gasteiger partial charge in [-0.3, -0.25) is 9.59 Å². The van der Waals surface area contributed by atoms with Crippen LogP contribution in [0.25, 0.3) is 0 Å². The Kier molecular flexibility index (Phi) is 5.78. The lowest BCUT2D eigenvalue weighted by atomic mass is 9.86. The second-order valence-corrected chi connectivity index (χ2v) is 6.93. The fraction of sp³-hybridized carbons (Fsp3) is 0.316. The van der Waals surface area contributed by atoms with Crippen molar-refractivity contribution < 1.29 is 9.53 Å². The van der Waals surface area contributed by atoms with Crippen molar-refractivity contribution in [3.05, 3.63) is 58.4 Å². The van der Waals surface area contributed by atoms with Gasteiger partial charge in [-0.1, -0.05) is 43.0 Å². The van der Waals surface area contributed by atoms with E-state index in [2.05, 4.69) is 21.9 Å².